The molecule has 0 fully saturated rings. The van der Waals surface area contributed by atoms with Crippen LogP contribution in [0.3, 0.4) is 0 Å². The van der Waals surface area contributed by atoms with E-state index in [0.29, 0.717) is 10.9 Å². The van der Waals surface area contributed by atoms with Gasteiger partial charge in [-0.1, -0.05) is 29.8 Å². The summed E-state index contributed by atoms with van der Waals surface area (Å²) >= 11 is 3.15. The Bertz CT molecular complexity index is 403. The maximum atomic E-state index is 13.2. The van der Waals surface area contributed by atoms with Gasteiger partial charge in [-0.05, 0) is 30.5 Å². The average molecular weight is 318 g/mol. The molecule has 18 heavy (non-hydrogen) atoms. The number of amides is 1. The van der Waals surface area contributed by atoms with E-state index in [2.05, 4.69) is 21.2 Å². The second-order valence-corrected chi connectivity index (χ2v) is 5.41. The zero-order chi connectivity index (χ0) is 13.7. The summed E-state index contributed by atoms with van der Waals surface area (Å²) in [6.07, 6.45) is 0.486. The highest BCUT2D eigenvalue weighted by Gasteiger charge is 2.17. The molecule has 3 nitrogen and oxygen atoms in total. The normalized spacial score (nSPS) is 12.6. The Morgan fingerprint density at radius 1 is 1.44 bits per heavy atom. The summed E-state index contributed by atoms with van der Waals surface area (Å²) in [5, 5.41) is 11.7. The molecule has 1 aromatic carbocycles. The van der Waals surface area contributed by atoms with E-state index in [1.54, 1.807) is 6.07 Å². The number of carbonyl (C=O) groups excluding carboxylic acids is 1. The van der Waals surface area contributed by atoms with Crippen LogP contribution in [0.5, 0.6) is 0 Å². The van der Waals surface area contributed by atoms with Crippen molar-refractivity contribution in [3.63, 3.8) is 0 Å². The number of benzene rings is 1. The van der Waals surface area contributed by atoms with Crippen LogP contribution in [0.1, 0.15) is 30.6 Å². The molecule has 0 aliphatic heterocycles. The van der Waals surface area contributed by atoms with Gasteiger partial charge in [0.1, 0.15) is 5.82 Å². The Balaban J connectivity index is 2.80. The first kappa shape index (κ1) is 15.1. The van der Waals surface area contributed by atoms with Crippen LogP contribution in [0.4, 0.5) is 4.39 Å². The molecule has 0 aliphatic carbocycles. The summed E-state index contributed by atoms with van der Waals surface area (Å²) in [6.45, 7) is 3.93. The van der Waals surface area contributed by atoms with E-state index >= 15 is 0 Å². The highest BCUT2D eigenvalue weighted by Crippen LogP contribution is 2.15. The highest BCUT2D eigenvalue weighted by atomic mass is 79.9. The predicted octanol–water partition coefficient (Wildman–Crippen LogP) is 2.73. The summed E-state index contributed by atoms with van der Waals surface area (Å²) < 4.78 is 13.7. The third-order valence-corrected chi connectivity index (χ3v) is 3.14. The first-order chi connectivity index (χ1) is 8.43. The van der Waals surface area contributed by atoms with E-state index < -0.39 is 5.82 Å². The SMILES string of the molecule is CC(C)C(CCO)NC(=O)c1cc(F)cc(Br)c1. The van der Waals surface area contributed by atoms with Gasteiger partial charge >= 0.3 is 0 Å². The third kappa shape index (κ3) is 4.38. The van der Waals surface area contributed by atoms with Crippen molar-refractivity contribution in [1.82, 2.24) is 5.32 Å². The Kier molecular flexibility index (Phi) is 5.75. The molecule has 0 bridgehead atoms. The molecular weight excluding hydrogens is 301 g/mol. The van der Waals surface area contributed by atoms with E-state index in [4.69, 9.17) is 5.11 Å². The van der Waals surface area contributed by atoms with Gasteiger partial charge in [0.2, 0.25) is 0 Å². The zero-order valence-electron chi connectivity index (χ0n) is 10.4. The summed E-state index contributed by atoms with van der Waals surface area (Å²) in [7, 11) is 0. The molecule has 0 saturated heterocycles. The number of carbonyl (C=O) groups is 1. The first-order valence-electron chi connectivity index (χ1n) is 5.82. The Morgan fingerprint density at radius 3 is 2.61 bits per heavy atom. The van der Waals surface area contributed by atoms with Crippen molar-refractivity contribution in [3.05, 3.63) is 34.1 Å². The fourth-order valence-electron chi connectivity index (χ4n) is 1.65. The smallest absolute Gasteiger partial charge is 0.251 e. The zero-order valence-corrected chi connectivity index (χ0v) is 12.0. The van der Waals surface area contributed by atoms with Gasteiger partial charge in [-0.3, -0.25) is 4.79 Å². The number of aliphatic hydroxyl groups excluding tert-OH is 1. The number of hydrogen-bond donors (Lipinski definition) is 2. The van der Waals surface area contributed by atoms with Gasteiger partial charge in [-0.2, -0.15) is 0 Å². The highest BCUT2D eigenvalue weighted by molar-refractivity contribution is 9.10. The van der Waals surface area contributed by atoms with Gasteiger partial charge in [0.15, 0.2) is 0 Å². The maximum Gasteiger partial charge on any atom is 0.251 e. The number of nitrogens with one attached hydrogen (secondary N) is 1. The number of hydrogen-bond acceptors (Lipinski definition) is 2. The van der Waals surface area contributed by atoms with E-state index in [-0.39, 0.29) is 30.0 Å². The molecule has 5 heteroatoms. The van der Waals surface area contributed by atoms with Gasteiger partial charge in [-0.25, -0.2) is 4.39 Å². The fraction of sp³-hybridized carbons (Fsp3) is 0.462. The molecule has 0 aliphatic rings. The van der Waals surface area contributed by atoms with Crippen LogP contribution >= 0.6 is 15.9 Å². The van der Waals surface area contributed by atoms with E-state index in [0.717, 1.165) is 0 Å². The van der Waals surface area contributed by atoms with Crippen molar-refractivity contribution in [1.29, 1.82) is 0 Å². The number of aliphatic hydroxyl groups is 1. The van der Waals surface area contributed by atoms with Crippen LogP contribution in [0.25, 0.3) is 0 Å². The minimum atomic E-state index is -0.460. The molecule has 100 valence electrons. The molecule has 1 unspecified atom stereocenters. The second kappa shape index (κ2) is 6.85. The van der Waals surface area contributed by atoms with E-state index in [1.807, 2.05) is 13.8 Å². The monoisotopic (exact) mass is 317 g/mol. The van der Waals surface area contributed by atoms with Crippen LogP contribution in [-0.4, -0.2) is 23.7 Å². The fourth-order valence-corrected chi connectivity index (χ4v) is 2.11. The van der Waals surface area contributed by atoms with Crippen molar-refractivity contribution in [3.8, 4) is 0 Å². The lowest BCUT2D eigenvalue weighted by atomic mass is 10.0. The van der Waals surface area contributed by atoms with Crippen LogP contribution in [0.2, 0.25) is 0 Å². The van der Waals surface area contributed by atoms with Crippen molar-refractivity contribution in [2.24, 2.45) is 5.92 Å². The lowest BCUT2D eigenvalue weighted by molar-refractivity contribution is 0.0916. The second-order valence-electron chi connectivity index (χ2n) is 4.49. The van der Waals surface area contributed by atoms with Gasteiger partial charge < -0.3 is 10.4 Å². The minimum Gasteiger partial charge on any atom is -0.396 e. The maximum absolute atomic E-state index is 13.2. The molecule has 2 N–H and O–H groups in total. The van der Waals surface area contributed by atoms with Crippen LogP contribution < -0.4 is 5.32 Å². The van der Waals surface area contributed by atoms with Crippen LogP contribution in [-0.2, 0) is 0 Å². The van der Waals surface area contributed by atoms with Crippen molar-refractivity contribution < 1.29 is 14.3 Å². The Labute approximate surface area is 115 Å². The molecule has 0 saturated carbocycles. The van der Waals surface area contributed by atoms with Crippen LogP contribution in [0.15, 0.2) is 22.7 Å². The molecule has 0 heterocycles. The van der Waals surface area contributed by atoms with Crippen molar-refractivity contribution in [2.45, 2.75) is 26.3 Å². The molecule has 0 spiro atoms. The minimum absolute atomic E-state index is 0.00989. The summed E-state index contributed by atoms with van der Waals surface area (Å²) in [4.78, 5) is 12.0. The largest absolute Gasteiger partial charge is 0.396 e. The van der Waals surface area contributed by atoms with Crippen molar-refractivity contribution >= 4 is 21.8 Å². The van der Waals surface area contributed by atoms with Gasteiger partial charge in [-0.15, -0.1) is 0 Å². The number of rotatable bonds is 5. The topological polar surface area (TPSA) is 49.3 Å². The lowest BCUT2D eigenvalue weighted by Crippen LogP contribution is -2.39. The van der Waals surface area contributed by atoms with Gasteiger partial charge in [0.05, 0.1) is 0 Å². The van der Waals surface area contributed by atoms with Crippen molar-refractivity contribution in [2.75, 3.05) is 6.61 Å². The molecular formula is C13H17BrFNO2. The Hall–Kier alpha value is -0.940. The third-order valence-electron chi connectivity index (χ3n) is 2.69. The summed E-state index contributed by atoms with van der Waals surface area (Å²) in [5.41, 5.74) is 0.269. The first-order valence-corrected chi connectivity index (χ1v) is 6.61. The predicted molar refractivity (Wildman–Crippen MR) is 71.9 cm³/mol. The molecule has 1 atom stereocenters. The molecule has 0 radical (unpaired) electrons. The van der Waals surface area contributed by atoms with Gasteiger partial charge in [0, 0.05) is 22.7 Å². The standard InChI is InChI=1S/C13H17BrFNO2/c1-8(2)12(3-4-17)16-13(18)9-5-10(14)7-11(15)6-9/h5-8,12,17H,3-4H2,1-2H3,(H,16,18). The lowest BCUT2D eigenvalue weighted by Gasteiger charge is -2.21. The van der Waals surface area contributed by atoms with E-state index in [9.17, 15) is 9.18 Å². The van der Waals surface area contributed by atoms with Crippen LogP contribution in [0, 0.1) is 11.7 Å². The summed E-state index contributed by atoms with van der Waals surface area (Å²) in [5.74, 6) is -0.585. The average Bonchev–Trinajstić information content (AvgIpc) is 2.26. The van der Waals surface area contributed by atoms with E-state index in [1.165, 1.54) is 12.1 Å². The Morgan fingerprint density at radius 2 is 2.11 bits per heavy atom. The molecule has 1 amide bonds. The molecule has 0 aromatic heterocycles. The summed E-state index contributed by atoms with van der Waals surface area (Å²) in [6, 6.07) is 3.93. The quantitative estimate of drug-likeness (QED) is 0.877. The van der Waals surface area contributed by atoms with Gasteiger partial charge in [0.25, 0.3) is 5.91 Å². The molecule has 1 rings (SSSR count). The molecule has 1 aromatic rings. The number of halogens is 2.